The molecule has 176 valence electrons. The fourth-order valence-corrected chi connectivity index (χ4v) is 4.72. The normalized spacial score (nSPS) is 16.5. The van der Waals surface area contributed by atoms with Crippen molar-refractivity contribution in [1.29, 1.82) is 0 Å². The molecular weight excluding hydrogens is 421 g/mol. The highest BCUT2D eigenvalue weighted by molar-refractivity contribution is 5.86. The third kappa shape index (κ3) is 5.02. The Labute approximate surface area is 193 Å². The van der Waals surface area contributed by atoms with Gasteiger partial charge in [-0.3, -0.25) is 4.79 Å². The minimum atomic E-state index is -0.556. The molecule has 0 spiro atoms. The first-order valence-electron chi connectivity index (χ1n) is 11.5. The van der Waals surface area contributed by atoms with E-state index in [9.17, 15) is 9.18 Å². The van der Waals surface area contributed by atoms with Crippen LogP contribution in [0.3, 0.4) is 0 Å². The minimum absolute atomic E-state index is 0.0184. The highest BCUT2D eigenvalue weighted by Crippen LogP contribution is 2.32. The van der Waals surface area contributed by atoms with Crippen molar-refractivity contribution < 1.29 is 13.9 Å². The smallest absolute Gasteiger partial charge is 0.240 e. The molecule has 1 saturated carbocycles. The Morgan fingerprint density at radius 2 is 2.06 bits per heavy atom. The third-order valence-electron chi connectivity index (χ3n) is 6.52. The summed E-state index contributed by atoms with van der Waals surface area (Å²) >= 11 is 0. The lowest BCUT2D eigenvalue weighted by atomic mass is 9.80. The molecule has 0 saturated heterocycles. The van der Waals surface area contributed by atoms with Crippen LogP contribution in [0.5, 0.6) is 11.5 Å². The topological polar surface area (TPSA) is 105 Å². The number of aromatic amines is 1. The molecule has 8 heteroatoms. The molecule has 0 bridgehead atoms. The van der Waals surface area contributed by atoms with Crippen molar-refractivity contribution in [3.63, 3.8) is 0 Å². The third-order valence-corrected chi connectivity index (χ3v) is 6.52. The minimum Gasteiger partial charge on any atom is -0.453 e. The maximum absolute atomic E-state index is 14.8. The van der Waals surface area contributed by atoms with Crippen LogP contribution >= 0.6 is 0 Å². The Bertz CT molecular complexity index is 1120. The van der Waals surface area contributed by atoms with Crippen molar-refractivity contribution in [3.8, 4) is 11.5 Å². The molecule has 0 unspecified atom stereocenters. The van der Waals surface area contributed by atoms with Gasteiger partial charge in [0.1, 0.15) is 11.4 Å². The number of aromatic nitrogens is 2. The van der Waals surface area contributed by atoms with E-state index in [1.54, 1.807) is 25.4 Å². The first-order chi connectivity index (χ1) is 15.9. The van der Waals surface area contributed by atoms with Crippen LogP contribution in [-0.2, 0) is 11.2 Å². The number of aryl methyl sites for hydroxylation is 1. The second-order valence-electron chi connectivity index (χ2n) is 8.94. The van der Waals surface area contributed by atoms with E-state index in [1.165, 1.54) is 6.07 Å². The SMILES string of the molecule is CNC(=O)C1(NC[C@@H](N)Cc2ccc(Oc3ccnc4[nH]cc(C)c34)c(F)c2)CCCCC1. The first kappa shape index (κ1) is 23.2. The number of halogens is 1. The second-order valence-corrected chi connectivity index (χ2v) is 8.94. The van der Waals surface area contributed by atoms with Gasteiger partial charge < -0.3 is 26.1 Å². The Hall–Kier alpha value is -2.97. The Morgan fingerprint density at radius 3 is 2.79 bits per heavy atom. The Kier molecular flexibility index (Phi) is 6.95. The number of pyridine rings is 1. The predicted octanol–water partition coefficient (Wildman–Crippen LogP) is 3.71. The molecule has 3 aromatic rings. The molecule has 0 aliphatic heterocycles. The number of nitrogens with zero attached hydrogens (tertiary/aromatic N) is 1. The summed E-state index contributed by atoms with van der Waals surface area (Å²) in [6, 6.07) is 6.40. The van der Waals surface area contributed by atoms with Gasteiger partial charge in [0.2, 0.25) is 5.91 Å². The first-order valence-corrected chi connectivity index (χ1v) is 11.5. The monoisotopic (exact) mass is 453 g/mol. The molecule has 1 aromatic carbocycles. The summed E-state index contributed by atoms with van der Waals surface area (Å²) in [4.78, 5) is 19.8. The number of hydrogen-bond acceptors (Lipinski definition) is 5. The average molecular weight is 454 g/mol. The van der Waals surface area contributed by atoms with Crippen molar-refractivity contribution in [2.24, 2.45) is 5.73 Å². The van der Waals surface area contributed by atoms with Crippen LogP contribution in [0.15, 0.2) is 36.7 Å². The zero-order chi connectivity index (χ0) is 23.4. The van der Waals surface area contributed by atoms with Gasteiger partial charge in [0.15, 0.2) is 11.6 Å². The summed E-state index contributed by atoms with van der Waals surface area (Å²) < 4.78 is 20.7. The molecule has 1 fully saturated rings. The fraction of sp³-hybridized carbons (Fsp3) is 0.440. The largest absolute Gasteiger partial charge is 0.453 e. The molecule has 2 aromatic heterocycles. The van der Waals surface area contributed by atoms with Crippen LogP contribution in [-0.4, -0.2) is 41.0 Å². The highest BCUT2D eigenvalue weighted by atomic mass is 19.1. The lowest BCUT2D eigenvalue weighted by Gasteiger charge is -2.37. The van der Waals surface area contributed by atoms with Gasteiger partial charge in [-0.2, -0.15) is 0 Å². The molecule has 1 aliphatic rings. The van der Waals surface area contributed by atoms with Gasteiger partial charge in [0, 0.05) is 32.0 Å². The van der Waals surface area contributed by atoms with Crippen LogP contribution in [0.4, 0.5) is 4.39 Å². The lowest BCUT2D eigenvalue weighted by molar-refractivity contribution is -0.128. The highest BCUT2D eigenvalue weighted by Gasteiger charge is 2.38. The summed E-state index contributed by atoms with van der Waals surface area (Å²) in [7, 11) is 1.67. The number of amides is 1. The molecule has 33 heavy (non-hydrogen) atoms. The van der Waals surface area contributed by atoms with E-state index in [2.05, 4.69) is 20.6 Å². The number of nitrogens with one attached hydrogen (secondary N) is 3. The van der Waals surface area contributed by atoms with E-state index in [0.717, 1.165) is 48.6 Å². The van der Waals surface area contributed by atoms with E-state index in [0.29, 0.717) is 24.4 Å². The van der Waals surface area contributed by atoms with Gasteiger partial charge in [0.25, 0.3) is 0 Å². The van der Waals surface area contributed by atoms with Crippen LogP contribution in [0.1, 0.15) is 43.2 Å². The van der Waals surface area contributed by atoms with Gasteiger partial charge in [-0.15, -0.1) is 0 Å². The van der Waals surface area contributed by atoms with Crippen LogP contribution in [0.25, 0.3) is 11.0 Å². The predicted molar refractivity (Wildman–Crippen MR) is 127 cm³/mol. The van der Waals surface area contributed by atoms with Crippen LogP contribution in [0.2, 0.25) is 0 Å². The van der Waals surface area contributed by atoms with Crippen LogP contribution in [0, 0.1) is 12.7 Å². The van der Waals surface area contributed by atoms with E-state index in [4.69, 9.17) is 10.5 Å². The molecule has 1 atom stereocenters. The quantitative estimate of drug-likeness (QED) is 0.416. The number of benzene rings is 1. The Balaban J connectivity index is 1.40. The van der Waals surface area contributed by atoms with Gasteiger partial charge in [-0.1, -0.05) is 25.3 Å². The molecule has 5 N–H and O–H groups in total. The van der Waals surface area contributed by atoms with Crippen molar-refractivity contribution in [2.45, 2.75) is 57.0 Å². The summed E-state index contributed by atoms with van der Waals surface area (Å²) in [5.74, 6) is 0.280. The molecule has 0 radical (unpaired) electrons. The number of carbonyl (C=O) groups is 1. The maximum atomic E-state index is 14.8. The van der Waals surface area contributed by atoms with Crippen molar-refractivity contribution in [1.82, 2.24) is 20.6 Å². The van der Waals surface area contributed by atoms with Crippen LogP contribution < -0.4 is 21.1 Å². The van der Waals surface area contributed by atoms with Gasteiger partial charge >= 0.3 is 0 Å². The molecular formula is C25H32FN5O2. The summed E-state index contributed by atoms with van der Waals surface area (Å²) in [6.07, 6.45) is 8.78. The van der Waals surface area contributed by atoms with E-state index < -0.39 is 11.4 Å². The lowest BCUT2D eigenvalue weighted by Crippen LogP contribution is -2.59. The number of hydrogen-bond donors (Lipinski definition) is 4. The maximum Gasteiger partial charge on any atom is 0.240 e. The number of carbonyl (C=O) groups excluding carboxylic acids is 1. The number of nitrogens with two attached hydrogens (primary N) is 1. The fourth-order valence-electron chi connectivity index (χ4n) is 4.72. The number of rotatable bonds is 8. The molecule has 7 nitrogen and oxygen atoms in total. The molecule has 1 aliphatic carbocycles. The van der Waals surface area contributed by atoms with Crippen molar-refractivity contribution >= 4 is 16.9 Å². The van der Waals surface area contributed by atoms with Gasteiger partial charge in [-0.05, 0) is 55.5 Å². The van der Waals surface area contributed by atoms with Crippen molar-refractivity contribution in [2.75, 3.05) is 13.6 Å². The molecule has 2 heterocycles. The summed E-state index contributed by atoms with van der Waals surface area (Å²) in [6.45, 7) is 2.43. The summed E-state index contributed by atoms with van der Waals surface area (Å²) in [5.41, 5.74) is 8.25. The van der Waals surface area contributed by atoms with Gasteiger partial charge in [-0.25, -0.2) is 9.37 Å². The number of fused-ring (bicyclic) bond motifs is 1. The standard InChI is InChI=1S/C25H32FN5O2/c1-16-14-30-23-22(16)21(8-11-29-23)33-20-7-6-17(13-19(20)26)12-18(27)15-31-25(24(32)28-2)9-4-3-5-10-25/h6-8,11,13-14,18,31H,3-5,9-10,12,15,27H2,1-2H3,(H,28,32)(H,29,30)/t18-/m0/s1. The van der Waals surface area contributed by atoms with E-state index >= 15 is 0 Å². The van der Waals surface area contributed by atoms with Crippen molar-refractivity contribution in [3.05, 3.63) is 53.6 Å². The average Bonchev–Trinajstić information content (AvgIpc) is 3.21. The summed E-state index contributed by atoms with van der Waals surface area (Å²) in [5, 5.41) is 7.04. The van der Waals surface area contributed by atoms with E-state index in [-0.39, 0.29) is 17.7 Å². The Morgan fingerprint density at radius 1 is 1.27 bits per heavy atom. The zero-order valence-corrected chi connectivity index (χ0v) is 19.2. The molecule has 1 amide bonds. The zero-order valence-electron chi connectivity index (χ0n) is 19.2. The number of ether oxygens (including phenoxy) is 1. The number of likely N-dealkylation sites (N-methyl/N-ethyl adjacent to an activating group) is 1. The van der Waals surface area contributed by atoms with Gasteiger partial charge in [0.05, 0.1) is 10.9 Å². The number of H-pyrrole nitrogens is 1. The van der Waals surface area contributed by atoms with E-state index in [1.807, 2.05) is 19.2 Å². The molecule has 4 rings (SSSR count). The second kappa shape index (κ2) is 9.89.